The molecule has 0 fully saturated rings. The van der Waals surface area contributed by atoms with Crippen LogP contribution in [0.3, 0.4) is 0 Å². The lowest BCUT2D eigenvalue weighted by atomic mass is 9.85. The highest BCUT2D eigenvalue weighted by molar-refractivity contribution is 7.80. The first-order valence-corrected chi connectivity index (χ1v) is 9.75. The Morgan fingerprint density at radius 3 is 2.71 bits per heavy atom. The molecular formula is C22H22N2O3S. The van der Waals surface area contributed by atoms with Gasteiger partial charge in [-0.1, -0.05) is 36.4 Å². The maximum Gasteiger partial charge on any atom is 0.171 e. The second-order valence-electron chi connectivity index (χ2n) is 6.89. The molecule has 0 saturated heterocycles. The number of ether oxygens (including phenoxy) is 2. The van der Waals surface area contributed by atoms with Crippen molar-refractivity contribution in [3.8, 4) is 11.5 Å². The van der Waals surface area contributed by atoms with Crippen LogP contribution in [0, 0.1) is 0 Å². The standard InChI is InChI=1S/C22H22N2O3S/c1-26-18-11-10-15(12-19(18)27-13-14-6-3-2-4-7-14)21-20-16(23-22(28)24-21)8-5-9-17(20)25/h2-4,6-7,10-12,21H,5,8-9,13H2,1H3,(H2,23,24,28). The predicted octanol–water partition coefficient (Wildman–Crippen LogP) is 3.80. The minimum atomic E-state index is -0.276. The molecule has 2 N–H and O–H groups in total. The monoisotopic (exact) mass is 394 g/mol. The lowest BCUT2D eigenvalue weighted by molar-refractivity contribution is -0.116. The van der Waals surface area contributed by atoms with Crippen LogP contribution in [0.1, 0.15) is 36.4 Å². The van der Waals surface area contributed by atoms with Gasteiger partial charge in [-0.3, -0.25) is 4.79 Å². The van der Waals surface area contributed by atoms with Crippen molar-refractivity contribution >= 4 is 23.1 Å². The molecule has 1 heterocycles. The lowest BCUT2D eigenvalue weighted by Crippen LogP contribution is -2.46. The Balaban J connectivity index is 1.66. The molecule has 28 heavy (non-hydrogen) atoms. The SMILES string of the molecule is COc1ccc(C2NC(=S)NC3=C2C(=O)CCC3)cc1OCc1ccccc1. The first kappa shape index (κ1) is 18.5. The van der Waals surface area contributed by atoms with Crippen molar-refractivity contribution < 1.29 is 14.3 Å². The number of thiocarbonyl (C=S) groups is 1. The van der Waals surface area contributed by atoms with Crippen molar-refractivity contribution in [2.75, 3.05) is 7.11 Å². The molecule has 1 aliphatic carbocycles. The van der Waals surface area contributed by atoms with E-state index in [0.717, 1.165) is 35.2 Å². The summed E-state index contributed by atoms with van der Waals surface area (Å²) in [6.45, 7) is 0.436. The number of hydrogen-bond acceptors (Lipinski definition) is 4. The molecule has 144 valence electrons. The molecule has 0 radical (unpaired) electrons. The maximum atomic E-state index is 12.6. The number of carbonyl (C=O) groups excluding carboxylic acids is 1. The van der Waals surface area contributed by atoms with E-state index in [1.165, 1.54) is 0 Å². The molecule has 1 unspecified atom stereocenters. The Bertz CT molecular complexity index is 940. The molecule has 0 amide bonds. The summed E-state index contributed by atoms with van der Waals surface area (Å²) in [5.41, 5.74) is 3.71. The summed E-state index contributed by atoms with van der Waals surface area (Å²) in [7, 11) is 1.62. The molecule has 6 heteroatoms. The van der Waals surface area contributed by atoms with Gasteiger partial charge in [-0.15, -0.1) is 0 Å². The summed E-state index contributed by atoms with van der Waals surface area (Å²) in [5, 5.41) is 6.94. The van der Waals surface area contributed by atoms with Crippen LogP contribution in [0.4, 0.5) is 0 Å². The van der Waals surface area contributed by atoms with Crippen molar-refractivity contribution in [3.63, 3.8) is 0 Å². The number of rotatable bonds is 5. The van der Waals surface area contributed by atoms with Crippen LogP contribution < -0.4 is 20.1 Å². The van der Waals surface area contributed by atoms with Gasteiger partial charge in [-0.2, -0.15) is 0 Å². The molecule has 0 saturated carbocycles. The second kappa shape index (κ2) is 8.02. The number of Topliss-reactive ketones (excluding diaryl/α,β-unsaturated/α-hetero) is 1. The largest absolute Gasteiger partial charge is 0.493 e. The van der Waals surface area contributed by atoms with Crippen molar-refractivity contribution in [2.45, 2.75) is 31.9 Å². The van der Waals surface area contributed by atoms with Gasteiger partial charge >= 0.3 is 0 Å². The number of carbonyl (C=O) groups is 1. The van der Waals surface area contributed by atoms with Crippen molar-refractivity contribution in [2.24, 2.45) is 0 Å². The van der Waals surface area contributed by atoms with Crippen molar-refractivity contribution in [3.05, 3.63) is 70.9 Å². The Hall–Kier alpha value is -2.86. The number of hydrogen-bond donors (Lipinski definition) is 2. The third kappa shape index (κ3) is 3.73. The highest BCUT2D eigenvalue weighted by atomic mass is 32.1. The molecule has 0 spiro atoms. The third-order valence-electron chi connectivity index (χ3n) is 5.04. The zero-order valence-electron chi connectivity index (χ0n) is 15.7. The molecule has 4 rings (SSSR count). The number of ketones is 1. The van der Waals surface area contributed by atoms with E-state index in [9.17, 15) is 4.79 Å². The molecular weight excluding hydrogens is 372 g/mol. The molecule has 2 aliphatic rings. The van der Waals surface area contributed by atoms with Gasteiger partial charge in [-0.05, 0) is 48.3 Å². The first-order chi connectivity index (χ1) is 13.7. The zero-order chi connectivity index (χ0) is 19.5. The van der Waals surface area contributed by atoms with Gasteiger partial charge in [0.15, 0.2) is 22.4 Å². The average molecular weight is 394 g/mol. The van der Waals surface area contributed by atoms with Gasteiger partial charge in [0, 0.05) is 17.7 Å². The number of nitrogens with one attached hydrogen (secondary N) is 2. The van der Waals surface area contributed by atoms with Gasteiger partial charge in [0.1, 0.15) is 6.61 Å². The quantitative estimate of drug-likeness (QED) is 0.753. The first-order valence-electron chi connectivity index (χ1n) is 9.34. The molecule has 2 aromatic carbocycles. The van der Waals surface area contributed by atoms with E-state index in [4.69, 9.17) is 21.7 Å². The fourth-order valence-electron chi connectivity index (χ4n) is 3.68. The summed E-state index contributed by atoms with van der Waals surface area (Å²) in [5.74, 6) is 1.46. The molecule has 2 aromatic rings. The Morgan fingerprint density at radius 2 is 1.93 bits per heavy atom. The third-order valence-corrected chi connectivity index (χ3v) is 5.26. The second-order valence-corrected chi connectivity index (χ2v) is 7.29. The molecule has 0 aromatic heterocycles. The average Bonchev–Trinajstić information content (AvgIpc) is 2.72. The molecule has 5 nitrogen and oxygen atoms in total. The van der Waals surface area contributed by atoms with Crippen LogP contribution in [-0.4, -0.2) is 18.0 Å². The van der Waals surface area contributed by atoms with Crippen LogP contribution >= 0.6 is 12.2 Å². The summed E-state index contributed by atoms with van der Waals surface area (Å²) < 4.78 is 11.5. The normalized spacial score (nSPS) is 18.8. The number of allylic oxidation sites excluding steroid dienone is 1. The summed E-state index contributed by atoms with van der Waals surface area (Å²) in [4.78, 5) is 12.6. The minimum Gasteiger partial charge on any atom is -0.493 e. The fourth-order valence-corrected chi connectivity index (χ4v) is 3.92. The van der Waals surface area contributed by atoms with Gasteiger partial charge in [0.05, 0.1) is 13.2 Å². The van der Waals surface area contributed by atoms with E-state index >= 15 is 0 Å². The van der Waals surface area contributed by atoms with Gasteiger partial charge in [0.25, 0.3) is 0 Å². The smallest absolute Gasteiger partial charge is 0.171 e. The van der Waals surface area contributed by atoms with E-state index in [-0.39, 0.29) is 11.8 Å². The van der Waals surface area contributed by atoms with E-state index in [2.05, 4.69) is 10.6 Å². The van der Waals surface area contributed by atoms with Crippen LogP contribution in [0.15, 0.2) is 59.8 Å². The lowest BCUT2D eigenvalue weighted by Gasteiger charge is -2.34. The van der Waals surface area contributed by atoms with Gasteiger partial charge in [-0.25, -0.2) is 0 Å². The zero-order valence-corrected chi connectivity index (χ0v) is 16.5. The number of benzene rings is 2. The molecule has 1 atom stereocenters. The van der Waals surface area contributed by atoms with E-state index in [1.807, 2.05) is 48.5 Å². The van der Waals surface area contributed by atoms with E-state index < -0.39 is 0 Å². The van der Waals surface area contributed by atoms with E-state index in [1.54, 1.807) is 7.11 Å². The van der Waals surface area contributed by atoms with Crippen molar-refractivity contribution in [1.29, 1.82) is 0 Å². The molecule has 0 bridgehead atoms. The van der Waals surface area contributed by atoms with Crippen molar-refractivity contribution in [1.82, 2.24) is 10.6 Å². The summed E-state index contributed by atoms with van der Waals surface area (Å²) in [6, 6.07) is 15.4. The highest BCUT2D eigenvalue weighted by Gasteiger charge is 2.33. The number of methoxy groups -OCH3 is 1. The minimum absolute atomic E-state index is 0.163. The van der Waals surface area contributed by atoms with Crippen LogP contribution in [0.5, 0.6) is 11.5 Å². The summed E-state index contributed by atoms with van der Waals surface area (Å²) in [6.07, 6.45) is 2.26. The fraction of sp³-hybridized carbons (Fsp3) is 0.273. The predicted molar refractivity (Wildman–Crippen MR) is 111 cm³/mol. The highest BCUT2D eigenvalue weighted by Crippen LogP contribution is 2.37. The Morgan fingerprint density at radius 1 is 1.11 bits per heavy atom. The van der Waals surface area contributed by atoms with Gasteiger partial charge in [0.2, 0.25) is 0 Å². The van der Waals surface area contributed by atoms with Crippen LogP contribution in [0.2, 0.25) is 0 Å². The molecule has 1 aliphatic heterocycles. The summed E-state index contributed by atoms with van der Waals surface area (Å²) >= 11 is 5.36. The van der Waals surface area contributed by atoms with Crippen LogP contribution in [-0.2, 0) is 11.4 Å². The topological polar surface area (TPSA) is 59.6 Å². The Kier molecular flexibility index (Phi) is 5.30. The Labute approximate surface area is 169 Å². The van der Waals surface area contributed by atoms with E-state index in [0.29, 0.717) is 29.6 Å². The maximum absolute atomic E-state index is 12.6. The van der Waals surface area contributed by atoms with Crippen LogP contribution in [0.25, 0.3) is 0 Å². The van der Waals surface area contributed by atoms with Gasteiger partial charge < -0.3 is 20.1 Å².